The van der Waals surface area contributed by atoms with Gasteiger partial charge < -0.3 is 19.4 Å². The van der Waals surface area contributed by atoms with Crippen LogP contribution in [-0.4, -0.2) is 39.5 Å². The first-order chi connectivity index (χ1) is 15.7. The molecular formula is C21H22Cl2N4O4S2. The van der Waals surface area contributed by atoms with Crippen molar-refractivity contribution in [1.29, 1.82) is 0 Å². The standard InChI is InChI=1S/C21H22Cl2N4O4S2/c1-5-13-11(2)33-19(18(13)20(29)30-4)24-17(28)10-32-21-26-25-16(27(21)3)9-31-15-7-6-12(22)8-14(15)23/h6-8H,5,9-10H2,1-4H3,(H,24,28). The van der Waals surface area contributed by atoms with Gasteiger partial charge >= 0.3 is 5.97 Å². The van der Waals surface area contributed by atoms with Gasteiger partial charge in [0.2, 0.25) is 5.91 Å². The number of rotatable bonds is 9. The van der Waals surface area contributed by atoms with Crippen LogP contribution in [0.5, 0.6) is 5.75 Å². The highest BCUT2D eigenvalue weighted by Gasteiger charge is 2.23. The van der Waals surface area contributed by atoms with E-state index in [-0.39, 0.29) is 18.3 Å². The number of aromatic nitrogens is 3. The highest BCUT2D eigenvalue weighted by atomic mass is 35.5. The average molecular weight is 529 g/mol. The molecule has 0 unspecified atom stereocenters. The quantitative estimate of drug-likeness (QED) is 0.303. The number of nitrogens with one attached hydrogen (secondary N) is 1. The van der Waals surface area contributed by atoms with Gasteiger partial charge in [-0.05, 0) is 37.1 Å². The minimum atomic E-state index is -0.460. The molecule has 0 saturated heterocycles. The van der Waals surface area contributed by atoms with E-state index in [9.17, 15) is 9.59 Å². The Labute approximate surface area is 209 Å². The molecule has 2 heterocycles. The number of thioether (sulfide) groups is 1. The first-order valence-electron chi connectivity index (χ1n) is 9.84. The second kappa shape index (κ2) is 11.2. The van der Waals surface area contributed by atoms with Gasteiger partial charge in [-0.1, -0.05) is 41.9 Å². The van der Waals surface area contributed by atoms with Crippen LogP contribution in [-0.2, 0) is 29.6 Å². The number of hydrogen-bond acceptors (Lipinski definition) is 8. The van der Waals surface area contributed by atoms with E-state index in [1.54, 1.807) is 29.8 Å². The lowest BCUT2D eigenvalue weighted by molar-refractivity contribution is -0.113. The first-order valence-corrected chi connectivity index (χ1v) is 12.4. The van der Waals surface area contributed by atoms with E-state index >= 15 is 0 Å². The molecule has 1 amide bonds. The summed E-state index contributed by atoms with van der Waals surface area (Å²) in [6.45, 7) is 4.02. The topological polar surface area (TPSA) is 95.3 Å². The van der Waals surface area contributed by atoms with Crippen LogP contribution < -0.4 is 10.1 Å². The van der Waals surface area contributed by atoms with Crippen LogP contribution >= 0.6 is 46.3 Å². The van der Waals surface area contributed by atoms with E-state index in [0.29, 0.717) is 43.8 Å². The van der Waals surface area contributed by atoms with Crippen molar-refractivity contribution in [2.45, 2.75) is 32.0 Å². The zero-order chi connectivity index (χ0) is 24.1. The summed E-state index contributed by atoms with van der Waals surface area (Å²) < 4.78 is 12.3. The van der Waals surface area contributed by atoms with Gasteiger partial charge in [-0.25, -0.2) is 4.79 Å². The Morgan fingerprint density at radius 1 is 1.27 bits per heavy atom. The Kier molecular flexibility index (Phi) is 8.63. The van der Waals surface area contributed by atoms with E-state index in [2.05, 4.69) is 15.5 Å². The zero-order valence-electron chi connectivity index (χ0n) is 18.4. The number of amides is 1. The van der Waals surface area contributed by atoms with E-state index < -0.39 is 5.97 Å². The molecule has 0 aliphatic heterocycles. The Bertz CT molecular complexity index is 1180. The van der Waals surface area contributed by atoms with Gasteiger partial charge in [-0.3, -0.25) is 4.79 Å². The van der Waals surface area contributed by atoms with E-state index in [4.69, 9.17) is 32.7 Å². The molecule has 0 atom stereocenters. The molecule has 0 radical (unpaired) electrons. The van der Waals surface area contributed by atoms with Crippen LogP contribution in [0.1, 0.15) is 33.5 Å². The maximum absolute atomic E-state index is 12.6. The van der Waals surface area contributed by atoms with Crippen molar-refractivity contribution >= 4 is 63.2 Å². The molecule has 176 valence electrons. The van der Waals surface area contributed by atoms with Crippen molar-refractivity contribution in [3.05, 3.63) is 50.1 Å². The van der Waals surface area contributed by atoms with Gasteiger partial charge in [0.05, 0.1) is 23.4 Å². The maximum Gasteiger partial charge on any atom is 0.341 e. The molecule has 8 nitrogen and oxygen atoms in total. The molecule has 1 aromatic carbocycles. The summed E-state index contributed by atoms with van der Waals surface area (Å²) >= 11 is 14.6. The van der Waals surface area contributed by atoms with Gasteiger partial charge in [0.1, 0.15) is 17.4 Å². The molecule has 0 spiro atoms. The second-order valence-electron chi connectivity index (χ2n) is 6.84. The molecule has 0 aliphatic carbocycles. The van der Waals surface area contributed by atoms with Crippen molar-refractivity contribution in [2.24, 2.45) is 7.05 Å². The molecule has 1 N–H and O–H groups in total. The molecule has 2 aromatic heterocycles. The smallest absolute Gasteiger partial charge is 0.341 e. The highest BCUT2D eigenvalue weighted by Crippen LogP contribution is 2.34. The normalized spacial score (nSPS) is 10.8. The van der Waals surface area contributed by atoms with Crippen LogP contribution in [0, 0.1) is 6.92 Å². The second-order valence-corrected chi connectivity index (χ2v) is 9.86. The fourth-order valence-corrected chi connectivity index (χ4v) is 5.38. The number of carbonyl (C=O) groups excluding carboxylic acids is 2. The Balaban J connectivity index is 1.61. The summed E-state index contributed by atoms with van der Waals surface area (Å²) in [5.41, 5.74) is 1.30. The Morgan fingerprint density at radius 3 is 2.70 bits per heavy atom. The number of esters is 1. The van der Waals surface area contributed by atoms with Crippen molar-refractivity contribution in [3.8, 4) is 5.75 Å². The van der Waals surface area contributed by atoms with Gasteiger partial charge in [0, 0.05) is 16.9 Å². The molecule has 12 heteroatoms. The molecule has 0 bridgehead atoms. The average Bonchev–Trinajstić information content (AvgIpc) is 3.29. The highest BCUT2D eigenvalue weighted by molar-refractivity contribution is 7.99. The number of aryl methyl sites for hydroxylation is 1. The number of nitrogens with zero attached hydrogens (tertiary/aromatic N) is 3. The van der Waals surface area contributed by atoms with Gasteiger partial charge in [0.15, 0.2) is 11.0 Å². The molecule has 3 aromatic rings. The molecule has 0 saturated carbocycles. The summed E-state index contributed by atoms with van der Waals surface area (Å²) in [4.78, 5) is 25.8. The summed E-state index contributed by atoms with van der Waals surface area (Å²) in [5, 5.41) is 13.0. The number of anilines is 1. The molecular weight excluding hydrogens is 507 g/mol. The summed E-state index contributed by atoms with van der Waals surface area (Å²) in [6.07, 6.45) is 0.669. The largest absolute Gasteiger partial charge is 0.484 e. The van der Waals surface area contributed by atoms with E-state index in [1.165, 1.54) is 30.2 Å². The Hall–Kier alpha value is -2.27. The summed E-state index contributed by atoms with van der Waals surface area (Å²) in [6, 6.07) is 4.96. The lowest BCUT2D eigenvalue weighted by atomic mass is 10.1. The number of hydrogen-bond donors (Lipinski definition) is 1. The number of carbonyl (C=O) groups is 2. The van der Waals surface area contributed by atoms with Gasteiger partial charge in [0.25, 0.3) is 0 Å². The lowest BCUT2D eigenvalue weighted by Crippen LogP contribution is -2.16. The minimum Gasteiger partial charge on any atom is -0.484 e. The van der Waals surface area contributed by atoms with Crippen LogP contribution in [0.25, 0.3) is 0 Å². The first kappa shape index (κ1) is 25.4. The molecule has 33 heavy (non-hydrogen) atoms. The fraction of sp³-hybridized carbons (Fsp3) is 0.333. The maximum atomic E-state index is 12.6. The zero-order valence-corrected chi connectivity index (χ0v) is 21.5. The van der Waals surface area contributed by atoms with Gasteiger partial charge in [-0.15, -0.1) is 21.5 Å². The SMILES string of the molecule is CCc1c(C)sc(NC(=O)CSc2nnc(COc3ccc(Cl)cc3Cl)n2C)c1C(=O)OC. The van der Waals surface area contributed by atoms with E-state index in [0.717, 1.165) is 10.4 Å². The monoisotopic (exact) mass is 528 g/mol. The molecule has 0 aliphatic rings. The minimum absolute atomic E-state index is 0.0921. The summed E-state index contributed by atoms with van der Waals surface area (Å²) in [7, 11) is 3.11. The number of benzene rings is 1. The third kappa shape index (κ3) is 6.00. The van der Waals surface area contributed by atoms with Crippen molar-refractivity contribution < 1.29 is 19.1 Å². The lowest BCUT2D eigenvalue weighted by Gasteiger charge is -2.08. The van der Waals surface area contributed by atoms with E-state index in [1.807, 2.05) is 13.8 Å². The predicted octanol–water partition coefficient (Wildman–Crippen LogP) is 5.15. The fourth-order valence-electron chi connectivity index (χ4n) is 3.03. The Morgan fingerprint density at radius 2 is 2.03 bits per heavy atom. The number of ether oxygens (including phenoxy) is 2. The number of halogens is 2. The third-order valence-electron chi connectivity index (χ3n) is 4.71. The van der Waals surface area contributed by atoms with Crippen molar-refractivity contribution in [2.75, 3.05) is 18.2 Å². The number of thiophene rings is 1. The number of methoxy groups -OCH3 is 1. The molecule has 0 fully saturated rings. The van der Waals surface area contributed by atoms with Crippen LogP contribution in [0.4, 0.5) is 5.00 Å². The van der Waals surface area contributed by atoms with Crippen LogP contribution in [0.3, 0.4) is 0 Å². The van der Waals surface area contributed by atoms with Crippen molar-refractivity contribution in [3.63, 3.8) is 0 Å². The van der Waals surface area contributed by atoms with Crippen molar-refractivity contribution in [1.82, 2.24) is 14.8 Å². The summed E-state index contributed by atoms with van der Waals surface area (Å²) in [5.74, 6) is 0.422. The predicted molar refractivity (Wildman–Crippen MR) is 131 cm³/mol. The molecule has 3 rings (SSSR count). The van der Waals surface area contributed by atoms with Crippen LogP contribution in [0.2, 0.25) is 10.0 Å². The van der Waals surface area contributed by atoms with Gasteiger partial charge in [-0.2, -0.15) is 0 Å². The third-order valence-corrected chi connectivity index (χ3v) is 7.33. The van der Waals surface area contributed by atoms with Crippen LogP contribution in [0.15, 0.2) is 23.4 Å².